The molecule has 5 aromatic heterocycles. The zero-order chi connectivity index (χ0) is 51.0. The highest BCUT2D eigenvalue weighted by molar-refractivity contribution is 9.10. The number of hydrogen-bond acceptors (Lipinski definition) is 14. The minimum Gasteiger partial charge on any atom is -0.423 e. The van der Waals surface area contributed by atoms with Crippen molar-refractivity contribution in [2.24, 2.45) is 0 Å². The minimum absolute atomic E-state index is 0.499. The van der Waals surface area contributed by atoms with E-state index < -0.39 is 7.12 Å². The molecule has 17 heteroatoms. The molecule has 68 heavy (non-hydrogen) atoms. The standard InChI is InChI=1S/C11H18BN2O2.C11H19BN2O2.C11H17BrN2.C11H18N2.C7H10N2/c1-4-9-7-11(14(5-2)6-3)13-8-10(9)12-16-15;1-4-9-7-11(14(5-2)6-3)13-8-10(9)12(15)16;1-4-9-7-11(13-8-10(9)12)14(5-2)6-3;1-4-10-7-8-12-11(9-10)13(5-2)6-3;1-2-6-3-4-9-7(8)5-6/h7-8,15H,4-6H2,1-3H3;7-8,15-16H,4-6H2,1-3H3;7-8H,4-6H2,1-3H3;7-9H,4-6H2,1-3H3;3-5H,2H2,1H3,(H2,8,9). The van der Waals surface area contributed by atoms with Gasteiger partial charge in [0, 0.05) is 93.3 Å². The monoisotopic (exact) mass is 1000 g/mol. The van der Waals surface area contributed by atoms with Crippen LogP contribution in [0.4, 0.5) is 29.1 Å². The number of rotatable bonds is 20. The maximum atomic E-state index is 9.18. The second kappa shape index (κ2) is 35.3. The molecule has 0 bridgehead atoms. The quantitative estimate of drug-likeness (QED) is 0.0333. The van der Waals surface area contributed by atoms with Crippen LogP contribution in [0.25, 0.3) is 0 Å². The first kappa shape index (κ1) is 61.2. The van der Waals surface area contributed by atoms with Crippen molar-refractivity contribution < 1.29 is 20.1 Å². The predicted molar refractivity (Wildman–Crippen MR) is 293 cm³/mol. The Kier molecular flexibility index (Phi) is 31.8. The van der Waals surface area contributed by atoms with Crippen LogP contribution in [0.1, 0.15) is 118 Å². The van der Waals surface area contributed by atoms with E-state index >= 15 is 0 Å². The van der Waals surface area contributed by atoms with E-state index in [1.807, 2.05) is 43.6 Å². The van der Waals surface area contributed by atoms with Gasteiger partial charge in [-0.25, -0.2) is 24.9 Å². The molecular formula is C51H82B2BrN10O4. The number of pyridine rings is 5. The van der Waals surface area contributed by atoms with Gasteiger partial charge in [0.05, 0.1) is 0 Å². The van der Waals surface area contributed by atoms with Crippen molar-refractivity contribution in [3.05, 3.63) is 106 Å². The average molecular weight is 1000 g/mol. The summed E-state index contributed by atoms with van der Waals surface area (Å²) in [6.45, 7) is 35.2. The lowest BCUT2D eigenvalue weighted by atomic mass is 9.77. The Labute approximate surface area is 419 Å². The number of anilines is 5. The van der Waals surface area contributed by atoms with Gasteiger partial charge in [-0.15, -0.1) is 0 Å². The predicted octanol–water partition coefficient (Wildman–Crippen LogP) is 8.36. The van der Waals surface area contributed by atoms with E-state index in [0.717, 1.165) is 129 Å². The van der Waals surface area contributed by atoms with E-state index in [9.17, 15) is 10.0 Å². The fraction of sp³-hybridized carbons (Fsp3) is 0.510. The van der Waals surface area contributed by atoms with Gasteiger partial charge in [0.1, 0.15) is 29.1 Å². The lowest BCUT2D eigenvalue weighted by molar-refractivity contribution is -0.135. The number of aromatic nitrogens is 5. The molecular weight excluding hydrogens is 918 g/mol. The van der Waals surface area contributed by atoms with Gasteiger partial charge in [-0.05, 0) is 179 Å². The fourth-order valence-electron chi connectivity index (χ4n) is 7.01. The summed E-state index contributed by atoms with van der Waals surface area (Å²) in [5.41, 5.74) is 12.7. The van der Waals surface area contributed by atoms with E-state index in [4.69, 9.17) is 11.0 Å². The zero-order valence-corrected chi connectivity index (χ0v) is 45.1. The maximum Gasteiger partial charge on any atom is 0.490 e. The maximum absolute atomic E-state index is 9.18. The summed E-state index contributed by atoms with van der Waals surface area (Å²) in [5.74, 6) is 4.65. The second-order valence-electron chi connectivity index (χ2n) is 15.3. The highest BCUT2D eigenvalue weighted by Gasteiger charge is 2.17. The van der Waals surface area contributed by atoms with Crippen LogP contribution in [-0.4, -0.2) is 107 Å². The van der Waals surface area contributed by atoms with Crippen LogP contribution in [-0.2, 0) is 36.9 Å². The first-order chi connectivity index (χ1) is 32.8. The molecule has 0 saturated carbocycles. The van der Waals surface area contributed by atoms with Crippen molar-refractivity contribution in [3.63, 3.8) is 0 Å². The summed E-state index contributed by atoms with van der Waals surface area (Å²) in [4.78, 5) is 34.1. The zero-order valence-electron chi connectivity index (χ0n) is 43.5. The molecule has 373 valence electrons. The first-order valence-corrected chi connectivity index (χ1v) is 25.3. The number of aryl methyl sites for hydroxylation is 5. The Morgan fingerprint density at radius 1 is 0.515 bits per heavy atom. The molecule has 1 radical (unpaired) electrons. The molecule has 0 aliphatic heterocycles. The summed E-state index contributed by atoms with van der Waals surface area (Å²) >= 11 is 3.50. The Morgan fingerprint density at radius 3 is 1.31 bits per heavy atom. The molecule has 0 amide bonds. The third-order valence-electron chi connectivity index (χ3n) is 11.4. The smallest absolute Gasteiger partial charge is 0.423 e. The van der Waals surface area contributed by atoms with Crippen LogP contribution in [0.3, 0.4) is 0 Å². The van der Waals surface area contributed by atoms with Gasteiger partial charge in [-0.1, -0.05) is 34.6 Å². The minimum atomic E-state index is -1.44. The van der Waals surface area contributed by atoms with Crippen LogP contribution in [0.5, 0.6) is 0 Å². The molecule has 0 fully saturated rings. The number of hydrogen-bond donors (Lipinski definition) is 4. The topological polar surface area (TPSA) is 173 Å². The highest BCUT2D eigenvalue weighted by Crippen LogP contribution is 2.21. The molecule has 0 spiro atoms. The SMILES string of the molecule is CCc1cc(N(CC)CC)ncc1B(O)O.CCc1cc(N(CC)CC)ncc1Br.CCc1cc(N(CC)CC)ncc1[B]OO.CCc1ccnc(N(CC)CC)c1.CCc1ccnc(N)c1. The van der Waals surface area contributed by atoms with Gasteiger partial charge in [0.2, 0.25) is 0 Å². The van der Waals surface area contributed by atoms with Crippen LogP contribution in [0.15, 0.2) is 77.9 Å². The number of halogens is 1. The van der Waals surface area contributed by atoms with Crippen molar-refractivity contribution in [1.82, 2.24) is 24.9 Å². The number of nitrogen functional groups attached to an aromatic ring is 1. The summed E-state index contributed by atoms with van der Waals surface area (Å²) in [6, 6.07) is 14.2. The van der Waals surface area contributed by atoms with Gasteiger partial charge in [0.15, 0.2) is 0 Å². The van der Waals surface area contributed by atoms with E-state index in [0.29, 0.717) is 11.3 Å². The van der Waals surface area contributed by atoms with Gasteiger partial charge < -0.3 is 40.2 Å². The lowest BCUT2D eigenvalue weighted by Crippen LogP contribution is -2.34. The molecule has 14 nitrogen and oxygen atoms in total. The Bertz CT molecular complexity index is 2110. The van der Waals surface area contributed by atoms with Crippen LogP contribution in [0, 0.1) is 0 Å². The van der Waals surface area contributed by atoms with Gasteiger partial charge >= 0.3 is 14.6 Å². The molecule has 0 saturated heterocycles. The van der Waals surface area contributed by atoms with Gasteiger partial charge in [-0.3, -0.25) is 5.26 Å². The summed E-state index contributed by atoms with van der Waals surface area (Å²) < 4.78 is 1.11. The van der Waals surface area contributed by atoms with Gasteiger partial charge in [-0.2, -0.15) is 0 Å². The molecule has 0 aliphatic rings. The Hall–Kier alpha value is -4.80. The third kappa shape index (κ3) is 20.8. The van der Waals surface area contributed by atoms with Crippen LogP contribution in [0.2, 0.25) is 0 Å². The van der Waals surface area contributed by atoms with Crippen LogP contribution < -0.4 is 36.3 Å². The number of nitrogens with zero attached hydrogens (tertiary/aromatic N) is 9. The molecule has 0 unspecified atom stereocenters. The molecule has 5 aromatic rings. The van der Waals surface area contributed by atoms with Crippen molar-refractivity contribution >= 4 is 70.5 Å². The molecule has 0 aliphatic carbocycles. The first-order valence-electron chi connectivity index (χ1n) is 24.5. The highest BCUT2D eigenvalue weighted by atomic mass is 79.9. The van der Waals surface area contributed by atoms with Crippen molar-refractivity contribution in [2.45, 2.75) is 122 Å². The molecule has 0 atom stereocenters. The normalized spacial score (nSPS) is 10.1. The van der Waals surface area contributed by atoms with Crippen LogP contribution >= 0.6 is 15.9 Å². The summed E-state index contributed by atoms with van der Waals surface area (Å²) in [7, 11) is -0.133. The van der Waals surface area contributed by atoms with E-state index in [1.165, 1.54) is 24.2 Å². The van der Waals surface area contributed by atoms with Crippen molar-refractivity contribution in [2.75, 3.05) is 77.7 Å². The van der Waals surface area contributed by atoms with E-state index in [1.54, 1.807) is 18.6 Å². The summed E-state index contributed by atoms with van der Waals surface area (Å²) in [5, 5.41) is 26.8. The van der Waals surface area contributed by atoms with E-state index in [2.05, 4.69) is 167 Å². The Morgan fingerprint density at radius 2 is 0.912 bits per heavy atom. The van der Waals surface area contributed by atoms with Gasteiger partial charge in [0.25, 0.3) is 0 Å². The Balaban J connectivity index is 0.000000430. The molecule has 5 rings (SSSR count). The molecule has 0 aromatic carbocycles. The van der Waals surface area contributed by atoms with Crippen molar-refractivity contribution in [3.8, 4) is 0 Å². The van der Waals surface area contributed by atoms with E-state index in [-0.39, 0.29) is 0 Å². The summed E-state index contributed by atoms with van der Waals surface area (Å²) in [6.07, 6.45) is 13.6. The van der Waals surface area contributed by atoms with Crippen molar-refractivity contribution in [1.29, 1.82) is 0 Å². The third-order valence-corrected chi connectivity index (χ3v) is 12.1. The second-order valence-corrected chi connectivity index (χ2v) is 16.1. The fourth-order valence-corrected chi connectivity index (χ4v) is 7.51. The largest absolute Gasteiger partial charge is 0.490 e. The average Bonchev–Trinajstić information content (AvgIpc) is 3.37. The molecule has 5 heterocycles. The lowest BCUT2D eigenvalue weighted by Gasteiger charge is -2.21. The molecule has 5 N–H and O–H groups in total. The number of nitrogens with two attached hydrogens (primary N) is 1.